The van der Waals surface area contributed by atoms with E-state index in [1.807, 2.05) is 7.11 Å². The van der Waals surface area contributed by atoms with Crippen LogP contribution in [0.25, 0.3) is 0 Å². The van der Waals surface area contributed by atoms with E-state index in [1.165, 1.54) is 38.9 Å². The Bertz CT molecular complexity index is 524. The van der Waals surface area contributed by atoms with E-state index in [-0.39, 0.29) is 0 Å². The maximum Gasteiger partial charge on any atom is 0.490 e. The lowest BCUT2D eigenvalue weighted by Gasteiger charge is -2.34. The molecule has 0 aromatic carbocycles. The maximum atomic E-state index is 10.6. The molecule has 1 spiro atoms. The van der Waals surface area contributed by atoms with Crippen LogP contribution in [0.5, 0.6) is 0 Å². The molecule has 13 heteroatoms. The molecule has 178 valence electrons. The highest BCUT2D eigenvalue weighted by molar-refractivity contribution is 5.73. The van der Waals surface area contributed by atoms with Crippen molar-refractivity contribution >= 4 is 11.9 Å². The van der Waals surface area contributed by atoms with E-state index in [1.54, 1.807) is 0 Å². The lowest BCUT2D eigenvalue weighted by atomic mass is 9.77. The Morgan fingerprint density at radius 3 is 1.77 bits per heavy atom. The van der Waals surface area contributed by atoms with Crippen LogP contribution >= 0.6 is 0 Å². The maximum absolute atomic E-state index is 10.6. The lowest BCUT2D eigenvalue weighted by molar-refractivity contribution is -0.193. The molecule has 2 heterocycles. The number of halogens is 6. The van der Waals surface area contributed by atoms with Crippen molar-refractivity contribution in [1.29, 1.82) is 0 Å². The Morgan fingerprint density at radius 2 is 1.47 bits per heavy atom. The quantitative estimate of drug-likeness (QED) is 0.564. The largest absolute Gasteiger partial charge is 0.490 e. The standard InChI is InChI=1S/C13H26N2O.2C2HF3O2/c1-11(2)15-10-13(4-6-14-7-5-13)8-12(15)9-16-3;2*3-2(4,5)1(6)7/h11-12,14H,4-10H2,1-3H3;2*(H,6,7). The SMILES string of the molecule is COCC1CC2(CCNCC2)CN1C(C)C.O=C(O)C(F)(F)F.O=C(O)C(F)(F)F. The first-order valence-corrected chi connectivity index (χ1v) is 9.11. The van der Waals surface area contributed by atoms with E-state index in [0.29, 0.717) is 17.5 Å². The minimum absolute atomic E-state index is 0.582. The third-order valence-electron chi connectivity index (χ3n) is 4.83. The molecule has 2 saturated heterocycles. The number of hydrogen-bond acceptors (Lipinski definition) is 5. The molecule has 0 saturated carbocycles. The van der Waals surface area contributed by atoms with E-state index < -0.39 is 24.3 Å². The summed E-state index contributed by atoms with van der Waals surface area (Å²) in [7, 11) is 1.83. The van der Waals surface area contributed by atoms with Crippen LogP contribution in [0.15, 0.2) is 0 Å². The summed E-state index contributed by atoms with van der Waals surface area (Å²) in [5.41, 5.74) is 0.582. The van der Waals surface area contributed by atoms with Crippen molar-refractivity contribution in [3.8, 4) is 0 Å². The van der Waals surface area contributed by atoms with Gasteiger partial charge in [0.2, 0.25) is 0 Å². The number of alkyl halides is 6. The first-order valence-electron chi connectivity index (χ1n) is 9.11. The highest BCUT2D eigenvalue weighted by atomic mass is 19.4. The van der Waals surface area contributed by atoms with Gasteiger partial charge >= 0.3 is 24.3 Å². The van der Waals surface area contributed by atoms with Crippen LogP contribution in [-0.4, -0.2) is 84.8 Å². The monoisotopic (exact) mass is 454 g/mol. The van der Waals surface area contributed by atoms with Crippen LogP contribution in [0.4, 0.5) is 26.3 Å². The van der Waals surface area contributed by atoms with E-state index in [4.69, 9.17) is 24.5 Å². The summed E-state index contributed by atoms with van der Waals surface area (Å²) < 4.78 is 68.9. The number of methoxy groups -OCH3 is 1. The minimum atomic E-state index is -5.08. The van der Waals surface area contributed by atoms with Crippen LogP contribution in [0.2, 0.25) is 0 Å². The van der Waals surface area contributed by atoms with Crippen molar-refractivity contribution in [2.45, 2.75) is 57.5 Å². The van der Waals surface area contributed by atoms with Gasteiger partial charge in [-0.1, -0.05) is 0 Å². The zero-order chi connectivity index (χ0) is 23.8. The summed E-state index contributed by atoms with van der Waals surface area (Å²) >= 11 is 0. The van der Waals surface area contributed by atoms with Crippen molar-refractivity contribution in [3.05, 3.63) is 0 Å². The van der Waals surface area contributed by atoms with Crippen molar-refractivity contribution in [2.24, 2.45) is 5.41 Å². The van der Waals surface area contributed by atoms with Gasteiger partial charge in [0.1, 0.15) is 0 Å². The summed E-state index contributed by atoms with van der Waals surface area (Å²) in [6.07, 6.45) is -6.15. The van der Waals surface area contributed by atoms with Crippen LogP contribution in [0.3, 0.4) is 0 Å². The predicted molar refractivity (Wildman–Crippen MR) is 94.0 cm³/mol. The number of likely N-dealkylation sites (tertiary alicyclic amines) is 1. The van der Waals surface area contributed by atoms with Crippen LogP contribution in [-0.2, 0) is 14.3 Å². The third-order valence-corrected chi connectivity index (χ3v) is 4.83. The van der Waals surface area contributed by atoms with Gasteiger partial charge in [-0.15, -0.1) is 0 Å². The van der Waals surface area contributed by atoms with Gasteiger partial charge in [0.05, 0.1) is 6.61 Å². The van der Waals surface area contributed by atoms with Gasteiger partial charge < -0.3 is 20.3 Å². The first kappa shape index (κ1) is 28.4. The number of rotatable bonds is 3. The average Bonchev–Trinajstić information content (AvgIpc) is 2.93. The smallest absolute Gasteiger partial charge is 0.475 e. The molecule has 2 aliphatic heterocycles. The minimum Gasteiger partial charge on any atom is -0.475 e. The Kier molecular flexibility index (Phi) is 11.1. The van der Waals surface area contributed by atoms with Crippen molar-refractivity contribution in [1.82, 2.24) is 10.2 Å². The van der Waals surface area contributed by atoms with E-state index in [2.05, 4.69) is 24.1 Å². The highest BCUT2D eigenvalue weighted by Gasteiger charge is 2.44. The van der Waals surface area contributed by atoms with Gasteiger partial charge in [0, 0.05) is 25.7 Å². The normalized spacial score (nSPS) is 21.5. The Hall–Kier alpha value is -1.60. The number of nitrogens with one attached hydrogen (secondary N) is 1. The highest BCUT2D eigenvalue weighted by Crippen LogP contribution is 2.42. The number of ether oxygens (including phenoxy) is 1. The fourth-order valence-electron chi connectivity index (χ4n) is 3.47. The fraction of sp³-hybridized carbons (Fsp3) is 0.882. The third kappa shape index (κ3) is 9.94. The summed E-state index contributed by atoms with van der Waals surface area (Å²) in [6.45, 7) is 9.19. The molecule has 30 heavy (non-hydrogen) atoms. The van der Waals surface area contributed by atoms with Gasteiger partial charge in [-0.05, 0) is 51.6 Å². The van der Waals surface area contributed by atoms with Gasteiger partial charge in [-0.25, -0.2) is 9.59 Å². The predicted octanol–water partition coefficient (Wildman–Crippen LogP) is 2.75. The molecule has 1 unspecified atom stereocenters. The summed E-state index contributed by atoms with van der Waals surface area (Å²) in [5, 5.41) is 17.7. The summed E-state index contributed by atoms with van der Waals surface area (Å²) in [4.78, 5) is 20.4. The second kappa shape index (κ2) is 11.7. The molecular weight excluding hydrogens is 426 g/mol. The van der Waals surface area contributed by atoms with Crippen molar-refractivity contribution in [3.63, 3.8) is 0 Å². The van der Waals surface area contributed by atoms with E-state index in [9.17, 15) is 26.3 Å². The second-order valence-electron chi connectivity index (χ2n) is 7.44. The Labute approximate surface area is 170 Å². The molecule has 7 nitrogen and oxygen atoms in total. The molecule has 1 atom stereocenters. The molecule has 0 aromatic rings. The number of carbonyl (C=O) groups is 2. The number of nitrogens with zero attached hydrogens (tertiary/aromatic N) is 1. The van der Waals surface area contributed by atoms with Gasteiger partial charge in [0.25, 0.3) is 0 Å². The summed E-state index contributed by atoms with van der Waals surface area (Å²) in [5.74, 6) is -5.51. The average molecular weight is 454 g/mol. The molecule has 0 aliphatic carbocycles. The van der Waals surface area contributed by atoms with Crippen molar-refractivity contribution in [2.75, 3.05) is 33.4 Å². The molecule has 2 fully saturated rings. The molecule has 2 rings (SSSR count). The zero-order valence-corrected chi connectivity index (χ0v) is 16.9. The Morgan fingerprint density at radius 1 is 1.07 bits per heavy atom. The number of piperidine rings is 1. The zero-order valence-electron chi connectivity index (χ0n) is 16.9. The van der Waals surface area contributed by atoms with Crippen LogP contribution in [0, 0.1) is 5.41 Å². The van der Waals surface area contributed by atoms with Crippen molar-refractivity contribution < 1.29 is 50.9 Å². The second-order valence-corrected chi connectivity index (χ2v) is 7.44. The Balaban J connectivity index is 0.000000503. The fourth-order valence-corrected chi connectivity index (χ4v) is 3.47. The van der Waals surface area contributed by atoms with Crippen LogP contribution < -0.4 is 5.32 Å². The molecule has 2 aliphatic rings. The number of carboxylic acids is 2. The topological polar surface area (TPSA) is 99.1 Å². The van der Waals surface area contributed by atoms with E-state index in [0.717, 1.165) is 6.61 Å². The van der Waals surface area contributed by atoms with Gasteiger partial charge in [-0.3, -0.25) is 4.90 Å². The lowest BCUT2D eigenvalue weighted by Crippen LogP contribution is -2.41. The van der Waals surface area contributed by atoms with E-state index >= 15 is 0 Å². The number of aliphatic carboxylic acids is 2. The molecular formula is C17H28F6N2O5. The molecule has 0 aromatic heterocycles. The van der Waals surface area contributed by atoms with Gasteiger partial charge in [-0.2, -0.15) is 26.3 Å². The number of hydrogen-bond donors (Lipinski definition) is 3. The number of carboxylic acid groups (broad SMARTS) is 2. The molecule has 0 radical (unpaired) electrons. The molecule has 0 amide bonds. The molecule has 0 bridgehead atoms. The van der Waals surface area contributed by atoms with Crippen LogP contribution in [0.1, 0.15) is 33.1 Å². The first-order chi connectivity index (χ1) is 13.6. The summed E-state index contributed by atoms with van der Waals surface area (Å²) in [6, 6.07) is 1.29. The molecule has 3 N–H and O–H groups in total. The van der Waals surface area contributed by atoms with Gasteiger partial charge in [0.15, 0.2) is 0 Å².